The van der Waals surface area contributed by atoms with Crippen LogP contribution < -0.4 is 4.74 Å². The van der Waals surface area contributed by atoms with Crippen molar-refractivity contribution < 1.29 is 13.9 Å². The predicted molar refractivity (Wildman–Crippen MR) is 63.5 cm³/mol. The molecular formula is C12H14BrFO2. The summed E-state index contributed by atoms with van der Waals surface area (Å²) in [5.74, 6) is 0.990. The lowest BCUT2D eigenvalue weighted by atomic mass is 10.1. The van der Waals surface area contributed by atoms with Gasteiger partial charge in [0.1, 0.15) is 11.6 Å². The summed E-state index contributed by atoms with van der Waals surface area (Å²) in [6, 6.07) is 4.60. The average molecular weight is 289 g/mol. The maximum Gasteiger partial charge on any atom is 0.123 e. The molecule has 2 rings (SSSR count). The van der Waals surface area contributed by atoms with Gasteiger partial charge in [-0.15, -0.1) is 0 Å². The molecular weight excluding hydrogens is 275 g/mol. The number of halogens is 2. The highest BCUT2D eigenvalue weighted by Gasteiger charge is 2.16. The second kappa shape index (κ2) is 5.64. The van der Waals surface area contributed by atoms with E-state index in [0.29, 0.717) is 17.9 Å². The van der Waals surface area contributed by atoms with Crippen LogP contribution in [0.25, 0.3) is 0 Å². The fraction of sp³-hybridized carbons (Fsp3) is 0.500. The van der Waals surface area contributed by atoms with E-state index in [4.69, 9.17) is 9.47 Å². The maximum absolute atomic E-state index is 13.0. The molecule has 1 aromatic carbocycles. The summed E-state index contributed by atoms with van der Waals surface area (Å²) >= 11 is 3.32. The second-order valence-electron chi connectivity index (χ2n) is 3.93. The van der Waals surface area contributed by atoms with Crippen LogP contribution in [0.3, 0.4) is 0 Å². The third-order valence-corrected chi connectivity index (χ3v) is 3.27. The minimum atomic E-state index is -0.231. The van der Waals surface area contributed by atoms with Gasteiger partial charge in [-0.3, -0.25) is 0 Å². The number of hydrogen-bond donors (Lipinski definition) is 0. The number of ether oxygens (including phenoxy) is 2. The lowest BCUT2D eigenvalue weighted by Crippen LogP contribution is -2.12. The van der Waals surface area contributed by atoms with Crippen molar-refractivity contribution in [2.24, 2.45) is 5.92 Å². The van der Waals surface area contributed by atoms with Crippen LogP contribution in [0.2, 0.25) is 0 Å². The Balaban J connectivity index is 1.97. The average Bonchev–Trinajstić information content (AvgIpc) is 2.80. The van der Waals surface area contributed by atoms with Gasteiger partial charge in [-0.1, -0.05) is 15.9 Å². The Bertz CT molecular complexity index is 351. The molecule has 0 radical (unpaired) electrons. The molecule has 0 bridgehead atoms. The van der Waals surface area contributed by atoms with Gasteiger partial charge in [0.2, 0.25) is 0 Å². The van der Waals surface area contributed by atoms with E-state index in [1.165, 1.54) is 12.1 Å². The molecule has 1 saturated heterocycles. The molecule has 88 valence electrons. The van der Waals surface area contributed by atoms with Crippen LogP contribution >= 0.6 is 15.9 Å². The number of hydrogen-bond acceptors (Lipinski definition) is 2. The Morgan fingerprint density at radius 2 is 2.38 bits per heavy atom. The van der Waals surface area contributed by atoms with Gasteiger partial charge in [-0.2, -0.15) is 0 Å². The third kappa shape index (κ3) is 2.95. The predicted octanol–water partition coefficient (Wildman–Crippen LogP) is 3.14. The summed E-state index contributed by atoms with van der Waals surface area (Å²) < 4.78 is 23.9. The number of benzene rings is 1. The smallest absolute Gasteiger partial charge is 0.123 e. The van der Waals surface area contributed by atoms with E-state index in [9.17, 15) is 4.39 Å². The molecule has 2 nitrogen and oxygen atoms in total. The molecule has 0 N–H and O–H groups in total. The Morgan fingerprint density at radius 3 is 3.06 bits per heavy atom. The van der Waals surface area contributed by atoms with Gasteiger partial charge in [0.25, 0.3) is 0 Å². The molecule has 4 heteroatoms. The quantitative estimate of drug-likeness (QED) is 0.793. The first-order valence-corrected chi connectivity index (χ1v) is 6.46. The zero-order valence-electron chi connectivity index (χ0n) is 8.92. The number of alkyl halides is 1. The number of rotatable bonds is 4. The molecule has 0 saturated carbocycles. The highest BCUT2D eigenvalue weighted by atomic mass is 79.9. The van der Waals surface area contributed by atoms with Gasteiger partial charge in [-0.05, 0) is 24.6 Å². The van der Waals surface area contributed by atoms with Gasteiger partial charge < -0.3 is 9.47 Å². The zero-order chi connectivity index (χ0) is 11.4. The van der Waals surface area contributed by atoms with Crippen LogP contribution in [0.15, 0.2) is 18.2 Å². The van der Waals surface area contributed by atoms with Crippen LogP contribution in [-0.4, -0.2) is 19.8 Å². The third-order valence-electron chi connectivity index (χ3n) is 2.67. The second-order valence-corrected chi connectivity index (χ2v) is 4.49. The minimum absolute atomic E-state index is 0.231. The fourth-order valence-electron chi connectivity index (χ4n) is 1.72. The van der Waals surface area contributed by atoms with E-state index in [1.807, 2.05) is 0 Å². The van der Waals surface area contributed by atoms with E-state index in [0.717, 1.165) is 30.9 Å². The Kier molecular flexibility index (Phi) is 4.18. The zero-order valence-corrected chi connectivity index (χ0v) is 10.5. The molecule has 0 amide bonds. The minimum Gasteiger partial charge on any atom is -0.493 e. The van der Waals surface area contributed by atoms with Crippen molar-refractivity contribution in [2.45, 2.75) is 11.8 Å². The molecule has 1 aliphatic heterocycles. The molecule has 1 atom stereocenters. The van der Waals surface area contributed by atoms with Crippen molar-refractivity contribution in [2.75, 3.05) is 19.8 Å². The normalized spacial score (nSPS) is 20.0. The van der Waals surface area contributed by atoms with E-state index < -0.39 is 0 Å². The lowest BCUT2D eigenvalue weighted by molar-refractivity contribution is 0.167. The van der Waals surface area contributed by atoms with Crippen molar-refractivity contribution in [3.63, 3.8) is 0 Å². The first kappa shape index (κ1) is 11.9. The van der Waals surface area contributed by atoms with Gasteiger partial charge in [0.05, 0.1) is 13.2 Å². The molecule has 16 heavy (non-hydrogen) atoms. The Hall–Kier alpha value is -0.610. The van der Waals surface area contributed by atoms with Crippen LogP contribution in [-0.2, 0) is 10.1 Å². The molecule has 0 aliphatic carbocycles. The van der Waals surface area contributed by atoms with E-state index in [2.05, 4.69) is 15.9 Å². The van der Waals surface area contributed by atoms with Crippen molar-refractivity contribution in [3.8, 4) is 5.75 Å². The molecule has 1 unspecified atom stereocenters. The molecule has 0 aromatic heterocycles. The standard InChI is InChI=1S/C12H14BrFO2/c13-6-10-5-11(14)1-2-12(10)16-8-9-3-4-15-7-9/h1-2,5,9H,3-4,6-8H2. The maximum atomic E-state index is 13.0. The largest absolute Gasteiger partial charge is 0.493 e. The monoisotopic (exact) mass is 288 g/mol. The summed E-state index contributed by atoms with van der Waals surface area (Å²) in [6.07, 6.45) is 1.05. The highest BCUT2D eigenvalue weighted by Crippen LogP contribution is 2.23. The molecule has 1 heterocycles. The van der Waals surface area contributed by atoms with E-state index in [1.54, 1.807) is 6.07 Å². The van der Waals surface area contributed by atoms with Crippen LogP contribution in [0.4, 0.5) is 4.39 Å². The summed E-state index contributed by atoms with van der Waals surface area (Å²) in [5.41, 5.74) is 0.846. The van der Waals surface area contributed by atoms with Crippen molar-refractivity contribution in [3.05, 3.63) is 29.6 Å². The summed E-state index contributed by atoms with van der Waals surface area (Å²) in [7, 11) is 0. The van der Waals surface area contributed by atoms with E-state index >= 15 is 0 Å². The van der Waals surface area contributed by atoms with Crippen molar-refractivity contribution >= 4 is 15.9 Å². The van der Waals surface area contributed by atoms with Crippen LogP contribution in [0.1, 0.15) is 12.0 Å². The van der Waals surface area contributed by atoms with Crippen LogP contribution in [0.5, 0.6) is 5.75 Å². The fourth-order valence-corrected chi connectivity index (χ4v) is 2.15. The summed E-state index contributed by atoms with van der Waals surface area (Å²) in [6.45, 7) is 2.24. The van der Waals surface area contributed by atoms with Gasteiger partial charge in [0, 0.05) is 23.4 Å². The van der Waals surface area contributed by atoms with Gasteiger partial charge in [0.15, 0.2) is 0 Å². The van der Waals surface area contributed by atoms with Crippen molar-refractivity contribution in [1.29, 1.82) is 0 Å². The highest BCUT2D eigenvalue weighted by molar-refractivity contribution is 9.08. The Labute approximate surface area is 103 Å². The first-order chi connectivity index (χ1) is 7.79. The van der Waals surface area contributed by atoms with Crippen molar-refractivity contribution in [1.82, 2.24) is 0 Å². The summed E-state index contributed by atoms with van der Waals surface area (Å²) in [4.78, 5) is 0. The Morgan fingerprint density at radius 1 is 1.50 bits per heavy atom. The molecule has 1 fully saturated rings. The first-order valence-electron chi connectivity index (χ1n) is 5.34. The van der Waals surface area contributed by atoms with Gasteiger partial charge >= 0.3 is 0 Å². The topological polar surface area (TPSA) is 18.5 Å². The molecule has 1 aliphatic rings. The SMILES string of the molecule is Fc1ccc(OCC2CCOC2)c(CBr)c1. The molecule has 1 aromatic rings. The van der Waals surface area contributed by atoms with Crippen LogP contribution in [0, 0.1) is 11.7 Å². The van der Waals surface area contributed by atoms with E-state index in [-0.39, 0.29) is 5.82 Å². The molecule has 0 spiro atoms. The van der Waals surface area contributed by atoms with Gasteiger partial charge in [-0.25, -0.2) is 4.39 Å². The summed E-state index contributed by atoms with van der Waals surface area (Å²) in [5, 5.41) is 0.598. The lowest BCUT2D eigenvalue weighted by Gasteiger charge is -2.13.